The van der Waals surface area contributed by atoms with Crippen molar-refractivity contribution in [2.24, 2.45) is 0 Å². The Morgan fingerprint density at radius 3 is 2.50 bits per heavy atom. The smallest absolute Gasteiger partial charge is 0.322 e. The molecule has 112 valence electrons. The molecule has 20 heavy (non-hydrogen) atoms. The van der Waals surface area contributed by atoms with Crippen LogP contribution in [0.15, 0.2) is 17.1 Å². The summed E-state index contributed by atoms with van der Waals surface area (Å²) in [6, 6.07) is 1.62. The third-order valence-corrected chi connectivity index (χ3v) is 3.01. The van der Waals surface area contributed by atoms with Crippen LogP contribution >= 0.6 is 0 Å². The van der Waals surface area contributed by atoms with Gasteiger partial charge >= 0.3 is 6.03 Å². The summed E-state index contributed by atoms with van der Waals surface area (Å²) < 4.78 is 0. The number of amides is 2. The standard InChI is InChI=1S/C14H24N4O2/c1-10(2)18(7-6-17(4)5)14(20)16-12-8-11(3)13(19)15-9-12/h8-10H,6-7H2,1-5H3,(H,15,19)(H,16,20). The Labute approximate surface area is 119 Å². The molecule has 1 heterocycles. The minimum atomic E-state index is -0.159. The molecule has 6 heteroatoms. The van der Waals surface area contributed by atoms with Crippen LogP contribution < -0.4 is 10.9 Å². The maximum atomic E-state index is 12.3. The first-order chi connectivity index (χ1) is 9.31. The summed E-state index contributed by atoms with van der Waals surface area (Å²) in [5.74, 6) is 0. The molecule has 1 aromatic heterocycles. The number of nitrogens with zero attached hydrogens (tertiary/aromatic N) is 2. The third-order valence-electron chi connectivity index (χ3n) is 3.01. The molecule has 0 aliphatic carbocycles. The molecule has 0 atom stereocenters. The van der Waals surface area contributed by atoms with Crippen molar-refractivity contribution in [1.29, 1.82) is 0 Å². The van der Waals surface area contributed by atoms with Crippen molar-refractivity contribution in [3.63, 3.8) is 0 Å². The van der Waals surface area contributed by atoms with Gasteiger partial charge in [0.2, 0.25) is 0 Å². The molecule has 1 aromatic rings. The Morgan fingerprint density at radius 2 is 2.00 bits per heavy atom. The zero-order valence-corrected chi connectivity index (χ0v) is 12.9. The number of hydrogen-bond acceptors (Lipinski definition) is 3. The van der Waals surface area contributed by atoms with Gasteiger partial charge in [0.15, 0.2) is 0 Å². The number of aryl methyl sites for hydroxylation is 1. The summed E-state index contributed by atoms with van der Waals surface area (Å²) in [5, 5.41) is 2.81. The minimum absolute atomic E-state index is 0.110. The molecule has 0 aliphatic heterocycles. The van der Waals surface area contributed by atoms with Crippen molar-refractivity contribution in [3.05, 3.63) is 28.2 Å². The van der Waals surface area contributed by atoms with Crippen LogP contribution in [0.4, 0.5) is 10.5 Å². The largest absolute Gasteiger partial charge is 0.327 e. The van der Waals surface area contributed by atoms with E-state index in [0.717, 1.165) is 6.54 Å². The van der Waals surface area contributed by atoms with Crippen molar-refractivity contribution in [3.8, 4) is 0 Å². The van der Waals surface area contributed by atoms with E-state index in [1.54, 1.807) is 17.9 Å². The highest BCUT2D eigenvalue weighted by atomic mass is 16.2. The summed E-state index contributed by atoms with van der Waals surface area (Å²) in [6.45, 7) is 7.12. The summed E-state index contributed by atoms with van der Waals surface area (Å²) in [4.78, 5) is 30.0. The Hall–Kier alpha value is -1.82. The fourth-order valence-corrected chi connectivity index (χ4v) is 1.77. The second-order valence-corrected chi connectivity index (χ2v) is 5.42. The lowest BCUT2D eigenvalue weighted by molar-refractivity contribution is 0.189. The maximum Gasteiger partial charge on any atom is 0.322 e. The number of rotatable bonds is 5. The van der Waals surface area contributed by atoms with Crippen LogP contribution in [0.3, 0.4) is 0 Å². The number of hydrogen-bond donors (Lipinski definition) is 2. The zero-order valence-electron chi connectivity index (χ0n) is 12.9. The van der Waals surface area contributed by atoms with E-state index >= 15 is 0 Å². The first kappa shape index (κ1) is 16.2. The fourth-order valence-electron chi connectivity index (χ4n) is 1.77. The van der Waals surface area contributed by atoms with Crippen LogP contribution in [0.5, 0.6) is 0 Å². The molecule has 0 spiro atoms. The third kappa shape index (κ3) is 4.70. The molecule has 0 bridgehead atoms. The van der Waals surface area contributed by atoms with Gasteiger partial charge in [-0.05, 0) is 40.9 Å². The van der Waals surface area contributed by atoms with Gasteiger partial charge in [0.25, 0.3) is 5.56 Å². The van der Waals surface area contributed by atoms with Crippen LogP contribution in [0.25, 0.3) is 0 Å². The van der Waals surface area contributed by atoms with E-state index < -0.39 is 0 Å². The second-order valence-electron chi connectivity index (χ2n) is 5.42. The van der Waals surface area contributed by atoms with Gasteiger partial charge in [0, 0.05) is 30.9 Å². The maximum absolute atomic E-state index is 12.3. The molecule has 0 aromatic carbocycles. The molecule has 0 radical (unpaired) electrons. The summed E-state index contributed by atoms with van der Waals surface area (Å²) in [6.07, 6.45) is 1.51. The number of carbonyl (C=O) groups excluding carboxylic acids is 1. The summed E-state index contributed by atoms with van der Waals surface area (Å²) in [7, 11) is 3.95. The quantitative estimate of drug-likeness (QED) is 0.858. The van der Waals surface area contributed by atoms with E-state index in [1.807, 2.05) is 32.8 Å². The van der Waals surface area contributed by atoms with Crippen LogP contribution in [-0.2, 0) is 0 Å². The topological polar surface area (TPSA) is 68.4 Å². The Bertz CT molecular complexity index is 508. The molecule has 0 saturated heterocycles. The number of H-pyrrole nitrogens is 1. The fraction of sp³-hybridized carbons (Fsp3) is 0.571. The lowest BCUT2D eigenvalue weighted by Crippen LogP contribution is -2.43. The van der Waals surface area contributed by atoms with Crippen LogP contribution in [0.1, 0.15) is 19.4 Å². The van der Waals surface area contributed by atoms with E-state index in [4.69, 9.17) is 0 Å². The Kier molecular flexibility index (Phi) is 5.76. The van der Waals surface area contributed by atoms with Crippen molar-refractivity contribution >= 4 is 11.7 Å². The van der Waals surface area contributed by atoms with Gasteiger partial charge in [0.1, 0.15) is 0 Å². The number of pyridine rings is 1. The molecule has 0 aliphatic rings. The average molecular weight is 280 g/mol. The molecule has 2 amide bonds. The van der Waals surface area contributed by atoms with Gasteiger partial charge in [0.05, 0.1) is 5.69 Å². The van der Waals surface area contributed by atoms with Crippen molar-refractivity contribution in [2.75, 3.05) is 32.5 Å². The number of aromatic amines is 1. The van der Waals surface area contributed by atoms with Crippen LogP contribution in [-0.4, -0.2) is 54.0 Å². The predicted molar refractivity (Wildman–Crippen MR) is 81.2 cm³/mol. The highest BCUT2D eigenvalue weighted by Gasteiger charge is 2.17. The van der Waals surface area contributed by atoms with Gasteiger partial charge in [-0.2, -0.15) is 0 Å². The number of anilines is 1. The Morgan fingerprint density at radius 1 is 1.35 bits per heavy atom. The van der Waals surface area contributed by atoms with Crippen molar-refractivity contribution < 1.29 is 4.79 Å². The summed E-state index contributed by atoms with van der Waals surface area (Å²) >= 11 is 0. The molecule has 1 rings (SSSR count). The first-order valence-corrected chi connectivity index (χ1v) is 6.73. The first-order valence-electron chi connectivity index (χ1n) is 6.73. The van der Waals surface area contributed by atoms with E-state index in [1.165, 1.54) is 6.20 Å². The van der Waals surface area contributed by atoms with Gasteiger partial charge in [-0.25, -0.2) is 4.79 Å². The number of carbonyl (C=O) groups is 1. The van der Waals surface area contributed by atoms with Gasteiger partial charge < -0.3 is 20.1 Å². The van der Waals surface area contributed by atoms with Crippen molar-refractivity contribution in [2.45, 2.75) is 26.8 Å². The minimum Gasteiger partial charge on any atom is -0.327 e. The van der Waals surface area contributed by atoms with E-state index in [-0.39, 0.29) is 17.6 Å². The van der Waals surface area contributed by atoms with Crippen LogP contribution in [0, 0.1) is 6.92 Å². The average Bonchev–Trinajstić information content (AvgIpc) is 2.33. The second kappa shape index (κ2) is 7.09. The molecule has 0 unspecified atom stereocenters. The summed E-state index contributed by atoms with van der Waals surface area (Å²) in [5.41, 5.74) is 1.03. The highest BCUT2D eigenvalue weighted by Crippen LogP contribution is 2.08. The number of nitrogens with one attached hydrogen (secondary N) is 2. The lowest BCUT2D eigenvalue weighted by atomic mass is 10.3. The van der Waals surface area contributed by atoms with E-state index in [2.05, 4.69) is 10.3 Å². The normalized spacial score (nSPS) is 10.9. The molecular formula is C14H24N4O2. The van der Waals surface area contributed by atoms with Gasteiger partial charge in [-0.1, -0.05) is 0 Å². The van der Waals surface area contributed by atoms with E-state index in [9.17, 15) is 9.59 Å². The molecule has 0 fully saturated rings. The Balaban J connectivity index is 2.74. The van der Waals surface area contributed by atoms with E-state index in [0.29, 0.717) is 17.8 Å². The molecule has 2 N–H and O–H groups in total. The molecule has 0 saturated carbocycles. The zero-order chi connectivity index (χ0) is 15.3. The number of urea groups is 1. The van der Waals surface area contributed by atoms with Gasteiger partial charge in [-0.3, -0.25) is 4.79 Å². The lowest BCUT2D eigenvalue weighted by Gasteiger charge is -2.28. The monoisotopic (exact) mass is 280 g/mol. The molecular weight excluding hydrogens is 256 g/mol. The van der Waals surface area contributed by atoms with Crippen LogP contribution in [0.2, 0.25) is 0 Å². The highest BCUT2D eigenvalue weighted by molar-refractivity contribution is 5.89. The predicted octanol–water partition coefficient (Wildman–Crippen LogP) is 1.49. The SMILES string of the molecule is Cc1cc(NC(=O)N(CCN(C)C)C(C)C)c[nH]c1=O. The molecule has 6 nitrogen and oxygen atoms in total. The van der Waals surface area contributed by atoms with Gasteiger partial charge in [-0.15, -0.1) is 0 Å². The number of aromatic nitrogens is 1. The van der Waals surface area contributed by atoms with Crippen molar-refractivity contribution in [1.82, 2.24) is 14.8 Å². The number of likely N-dealkylation sites (N-methyl/N-ethyl adjacent to an activating group) is 1.